The molecule has 2 aliphatic rings. The van der Waals surface area contributed by atoms with Gasteiger partial charge in [-0.2, -0.15) is 0 Å². The van der Waals surface area contributed by atoms with Crippen LogP contribution in [0.3, 0.4) is 0 Å². The molecule has 5 atom stereocenters. The van der Waals surface area contributed by atoms with E-state index in [-0.39, 0.29) is 17.4 Å². The number of carbonyl (C=O) groups is 2. The lowest BCUT2D eigenvalue weighted by molar-refractivity contribution is -0.158. The second-order valence-corrected chi connectivity index (χ2v) is 11.6. The van der Waals surface area contributed by atoms with Gasteiger partial charge in [0.25, 0.3) is 0 Å². The molecule has 1 aliphatic heterocycles. The van der Waals surface area contributed by atoms with Gasteiger partial charge in [0.15, 0.2) is 15.9 Å². The molecule has 1 saturated carbocycles. The van der Waals surface area contributed by atoms with Crippen LogP contribution in [0.4, 0.5) is 0 Å². The van der Waals surface area contributed by atoms with Crippen molar-refractivity contribution in [2.45, 2.75) is 71.9 Å². The van der Waals surface area contributed by atoms with Gasteiger partial charge >= 0.3 is 11.9 Å². The normalized spacial score (nSPS) is 32.0. The highest BCUT2D eigenvalue weighted by molar-refractivity contribution is 7.91. The van der Waals surface area contributed by atoms with Gasteiger partial charge in [0, 0.05) is 11.6 Å². The summed E-state index contributed by atoms with van der Waals surface area (Å²) in [5.41, 5.74) is 0.202. The third kappa shape index (κ3) is 6.27. The lowest BCUT2D eigenvalue weighted by atomic mass is 9.79. The van der Waals surface area contributed by atoms with Gasteiger partial charge in [0.2, 0.25) is 0 Å². The Morgan fingerprint density at radius 1 is 1.21 bits per heavy atom. The molecular weight excluding hydrogens is 394 g/mol. The molecule has 8 heteroatoms. The fourth-order valence-electron chi connectivity index (χ4n) is 4.32. The summed E-state index contributed by atoms with van der Waals surface area (Å²) in [7, 11) is -2.24. The quantitative estimate of drug-likeness (QED) is 0.623. The highest BCUT2D eigenvalue weighted by Gasteiger charge is 2.49. The number of carbonyl (C=O) groups excluding carboxylic acids is 2. The number of nitrogens with zero attached hydrogens (tertiary/aromatic N) is 1. The van der Waals surface area contributed by atoms with Gasteiger partial charge in [-0.1, -0.05) is 13.8 Å². The third-order valence-corrected chi connectivity index (χ3v) is 7.55. The first-order chi connectivity index (χ1) is 13.4. The number of sulfone groups is 1. The van der Waals surface area contributed by atoms with E-state index in [4.69, 9.17) is 14.5 Å². The van der Waals surface area contributed by atoms with Gasteiger partial charge in [0.1, 0.15) is 5.60 Å². The first-order valence-corrected chi connectivity index (χ1v) is 12.3. The summed E-state index contributed by atoms with van der Waals surface area (Å²) in [5.74, 6) is -2.73. The maximum atomic E-state index is 13.1. The number of ether oxygens (including phenoxy) is 2. The van der Waals surface area contributed by atoms with E-state index in [0.717, 1.165) is 31.4 Å². The molecule has 0 spiro atoms. The molecule has 1 aliphatic carbocycles. The minimum absolute atomic E-state index is 0.264. The van der Waals surface area contributed by atoms with Crippen molar-refractivity contribution in [1.29, 1.82) is 0 Å². The zero-order chi connectivity index (χ0) is 22.0. The van der Waals surface area contributed by atoms with Gasteiger partial charge in [-0.3, -0.25) is 9.79 Å². The standard InChI is InChI=1S/C21H35NO6S/c1-7-14-9-8-13(2)10-17(14)22-18(20(24)28-21(3,4)5)15-11-29(25,26)12-16(15)19(23)27-6/h13-16,18H,7-12H2,1-6H3/t13?,14?,15?,16-,18+/m1/s1. The molecule has 3 unspecified atom stereocenters. The number of aliphatic imine (C=N–C) groups is 1. The van der Waals surface area contributed by atoms with E-state index < -0.39 is 45.3 Å². The molecule has 0 N–H and O–H groups in total. The lowest BCUT2D eigenvalue weighted by Gasteiger charge is -2.31. The van der Waals surface area contributed by atoms with Crippen LogP contribution in [-0.2, 0) is 28.9 Å². The van der Waals surface area contributed by atoms with Crippen LogP contribution >= 0.6 is 0 Å². The smallest absolute Gasteiger partial charge is 0.331 e. The monoisotopic (exact) mass is 429 g/mol. The average molecular weight is 430 g/mol. The largest absolute Gasteiger partial charge is 0.469 e. The van der Waals surface area contributed by atoms with E-state index in [9.17, 15) is 18.0 Å². The zero-order valence-corrected chi connectivity index (χ0v) is 19.3. The van der Waals surface area contributed by atoms with Gasteiger partial charge in [-0.15, -0.1) is 0 Å². The molecule has 0 aromatic heterocycles. The van der Waals surface area contributed by atoms with Crippen LogP contribution in [0.2, 0.25) is 0 Å². The molecule has 1 saturated heterocycles. The van der Waals surface area contributed by atoms with Crippen LogP contribution in [0, 0.1) is 23.7 Å². The Bertz CT molecular complexity index is 752. The summed E-state index contributed by atoms with van der Waals surface area (Å²) in [6.07, 6.45) is 3.80. The highest BCUT2D eigenvalue weighted by Crippen LogP contribution is 2.35. The summed E-state index contributed by atoms with van der Waals surface area (Å²) >= 11 is 0. The minimum atomic E-state index is -3.47. The molecule has 0 radical (unpaired) electrons. The van der Waals surface area contributed by atoms with E-state index in [1.165, 1.54) is 7.11 Å². The fourth-order valence-corrected chi connectivity index (χ4v) is 6.39. The first kappa shape index (κ1) is 23.8. The molecular formula is C21H35NO6S. The summed E-state index contributed by atoms with van der Waals surface area (Å²) in [6, 6.07) is -1.02. The van der Waals surface area contributed by atoms with E-state index in [2.05, 4.69) is 13.8 Å². The van der Waals surface area contributed by atoms with Crippen molar-refractivity contribution in [3.63, 3.8) is 0 Å². The number of hydrogen-bond donors (Lipinski definition) is 0. The Morgan fingerprint density at radius 3 is 2.41 bits per heavy atom. The van der Waals surface area contributed by atoms with E-state index >= 15 is 0 Å². The Labute approximate surface area is 174 Å². The minimum Gasteiger partial charge on any atom is -0.469 e. The fraction of sp³-hybridized carbons (Fsp3) is 0.857. The number of hydrogen-bond acceptors (Lipinski definition) is 7. The number of methoxy groups -OCH3 is 1. The molecule has 0 aromatic rings. The predicted molar refractivity (Wildman–Crippen MR) is 112 cm³/mol. The summed E-state index contributed by atoms with van der Waals surface area (Å²) in [5, 5.41) is 0. The van der Waals surface area contributed by atoms with E-state index in [0.29, 0.717) is 5.92 Å². The molecule has 7 nitrogen and oxygen atoms in total. The zero-order valence-electron chi connectivity index (χ0n) is 18.4. The second-order valence-electron chi connectivity index (χ2n) is 9.46. The van der Waals surface area contributed by atoms with Crippen molar-refractivity contribution in [2.75, 3.05) is 18.6 Å². The lowest BCUT2D eigenvalue weighted by Crippen LogP contribution is -2.41. The maximum absolute atomic E-state index is 13.1. The van der Waals surface area contributed by atoms with Crippen molar-refractivity contribution >= 4 is 27.5 Å². The van der Waals surface area contributed by atoms with Crippen molar-refractivity contribution in [2.24, 2.45) is 28.7 Å². The Balaban J connectivity index is 2.47. The first-order valence-electron chi connectivity index (χ1n) is 10.4. The van der Waals surface area contributed by atoms with Crippen LogP contribution in [0.1, 0.15) is 60.3 Å². The van der Waals surface area contributed by atoms with Gasteiger partial charge in [0.05, 0.1) is 24.5 Å². The highest BCUT2D eigenvalue weighted by atomic mass is 32.2. The molecule has 2 fully saturated rings. The summed E-state index contributed by atoms with van der Waals surface area (Å²) in [4.78, 5) is 30.2. The Kier molecular flexibility index (Phi) is 7.52. The second kappa shape index (κ2) is 9.14. The molecule has 166 valence electrons. The van der Waals surface area contributed by atoms with Crippen LogP contribution < -0.4 is 0 Å². The van der Waals surface area contributed by atoms with Crippen molar-refractivity contribution in [3.8, 4) is 0 Å². The molecule has 0 amide bonds. The van der Waals surface area contributed by atoms with Crippen molar-refractivity contribution < 1.29 is 27.5 Å². The average Bonchev–Trinajstić information content (AvgIpc) is 2.92. The summed E-state index contributed by atoms with van der Waals surface area (Å²) in [6.45, 7) is 9.53. The summed E-state index contributed by atoms with van der Waals surface area (Å²) < 4.78 is 35.1. The number of esters is 2. The number of rotatable bonds is 5. The van der Waals surface area contributed by atoms with Gasteiger partial charge in [-0.25, -0.2) is 13.2 Å². The Hall–Kier alpha value is -1.44. The molecule has 0 bridgehead atoms. The molecule has 29 heavy (non-hydrogen) atoms. The van der Waals surface area contributed by atoms with Crippen LogP contribution in [-0.4, -0.2) is 56.3 Å². The van der Waals surface area contributed by atoms with Crippen LogP contribution in [0.25, 0.3) is 0 Å². The van der Waals surface area contributed by atoms with E-state index in [1.54, 1.807) is 20.8 Å². The van der Waals surface area contributed by atoms with Gasteiger partial charge < -0.3 is 9.47 Å². The third-order valence-electron chi connectivity index (χ3n) is 5.79. The molecule has 1 heterocycles. The van der Waals surface area contributed by atoms with Crippen molar-refractivity contribution in [1.82, 2.24) is 0 Å². The molecule has 2 rings (SSSR count). The predicted octanol–water partition coefficient (Wildman–Crippen LogP) is 2.82. The van der Waals surface area contributed by atoms with Crippen LogP contribution in [0.5, 0.6) is 0 Å². The van der Waals surface area contributed by atoms with Gasteiger partial charge in [-0.05, 0) is 58.3 Å². The molecule has 0 aromatic carbocycles. The SMILES string of the molecule is CCC1CCC(C)CC1=N[C@H](C(=O)OC(C)(C)C)C1CS(=O)(=O)C[C@H]1C(=O)OC. The van der Waals surface area contributed by atoms with E-state index in [1.807, 2.05) is 0 Å². The topological polar surface area (TPSA) is 99.1 Å². The maximum Gasteiger partial charge on any atom is 0.331 e. The van der Waals surface area contributed by atoms with Crippen molar-refractivity contribution in [3.05, 3.63) is 0 Å². The Morgan fingerprint density at radius 2 is 1.86 bits per heavy atom. The van der Waals surface area contributed by atoms with Crippen LogP contribution in [0.15, 0.2) is 4.99 Å².